The molecule has 0 saturated heterocycles. The predicted molar refractivity (Wildman–Crippen MR) is 64.1 cm³/mol. The van der Waals surface area contributed by atoms with E-state index in [2.05, 4.69) is 20.3 Å². The van der Waals surface area contributed by atoms with Crippen LogP contribution in [0.3, 0.4) is 0 Å². The minimum absolute atomic E-state index is 0.200. The Labute approximate surface area is 102 Å². The van der Waals surface area contributed by atoms with Gasteiger partial charge in [0.15, 0.2) is 10.3 Å². The molecule has 0 unspecified atom stereocenters. The van der Waals surface area contributed by atoms with Crippen LogP contribution < -0.4 is 5.32 Å². The van der Waals surface area contributed by atoms with E-state index in [4.69, 9.17) is 5.11 Å². The van der Waals surface area contributed by atoms with E-state index in [0.717, 1.165) is 5.75 Å². The number of carbonyl (C=O) groups is 1. The third-order valence-corrected chi connectivity index (χ3v) is 2.73. The molecule has 2 N–H and O–H groups in total. The number of nitrogens with zero attached hydrogens (tertiary/aromatic N) is 3. The predicted octanol–water partition coefficient (Wildman–Crippen LogP) is 1.20. The first kappa shape index (κ1) is 13.0. The fourth-order valence-electron chi connectivity index (χ4n) is 0.857. The number of carboxylic acids is 1. The van der Waals surface area contributed by atoms with Crippen molar-refractivity contribution in [1.29, 1.82) is 0 Å². The van der Waals surface area contributed by atoms with Crippen LogP contribution in [0.1, 0.15) is 6.92 Å². The van der Waals surface area contributed by atoms with Crippen molar-refractivity contribution in [3.05, 3.63) is 0 Å². The summed E-state index contributed by atoms with van der Waals surface area (Å²) in [5, 5.41) is 12.3. The van der Waals surface area contributed by atoms with Gasteiger partial charge in [0.05, 0.1) is 0 Å². The van der Waals surface area contributed by atoms with Gasteiger partial charge in [-0.25, -0.2) is 0 Å². The molecule has 0 atom stereocenters. The zero-order chi connectivity index (χ0) is 12.0. The molecule has 0 spiro atoms. The highest BCUT2D eigenvalue weighted by atomic mass is 32.2. The van der Waals surface area contributed by atoms with Crippen LogP contribution in [0.5, 0.6) is 0 Å². The number of nitrogens with one attached hydrogen (secondary N) is 1. The largest absolute Gasteiger partial charge is 0.480 e. The molecule has 88 valence electrons. The number of anilines is 1. The zero-order valence-electron chi connectivity index (χ0n) is 8.93. The lowest BCUT2D eigenvalue weighted by Crippen LogP contribution is -2.15. The van der Waals surface area contributed by atoms with E-state index in [9.17, 15) is 4.79 Å². The standard InChI is InChI=1S/C8H12N4O2S2/c1-3-16-8-11-6(9-4-5(13)14)10-7(12-8)15-2/h3-4H2,1-2H3,(H,13,14)(H,9,10,11,12). The molecule has 8 heteroatoms. The van der Waals surface area contributed by atoms with E-state index in [1.807, 2.05) is 13.2 Å². The monoisotopic (exact) mass is 260 g/mol. The number of thioether (sulfide) groups is 2. The summed E-state index contributed by atoms with van der Waals surface area (Å²) in [6.45, 7) is 1.80. The molecule has 1 heterocycles. The SMILES string of the molecule is CCSc1nc(NCC(=O)O)nc(SC)n1. The molecule has 0 aliphatic carbocycles. The molecular weight excluding hydrogens is 248 g/mol. The van der Waals surface area contributed by atoms with E-state index in [1.165, 1.54) is 23.5 Å². The molecule has 0 fully saturated rings. The number of rotatable bonds is 6. The fourth-order valence-corrected chi connectivity index (χ4v) is 1.83. The molecule has 6 nitrogen and oxygen atoms in total. The molecular formula is C8H12N4O2S2. The van der Waals surface area contributed by atoms with Gasteiger partial charge >= 0.3 is 5.97 Å². The van der Waals surface area contributed by atoms with Crippen molar-refractivity contribution >= 4 is 35.4 Å². The summed E-state index contributed by atoms with van der Waals surface area (Å²) in [7, 11) is 0. The molecule has 0 bridgehead atoms. The highest BCUT2D eigenvalue weighted by molar-refractivity contribution is 7.99. The van der Waals surface area contributed by atoms with Gasteiger partial charge in [-0.05, 0) is 12.0 Å². The van der Waals surface area contributed by atoms with Gasteiger partial charge in [0.25, 0.3) is 0 Å². The Balaban J connectivity index is 2.81. The normalized spacial score (nSPS) is 10.1. The van der Waals surface area contributed by atoms with Gasteiger partial charge in [-0.3, -0.25) is 4.79 Å². The van der Waals surface area contributed by atoms with Gasteiger partial charge in [-0.1, -0.05) is 30.4 Å². The van der Waals surface area contributed by atoms with E-state index in [0.29, 0.717) is 16.3 Å². The highest BCUT2D eigenvalue weighted by Crippen LogP contribution is 2.17. The Morgan fingerprint density at radius 1 is 1.38 bits per heavy atom. The molecule has 0 amide bonds. The van der Waals surface area contributed by atoms with Crippen molar-refractivity contribution in [2.45, 2.75) is 17.2 Å². The Bertz CT molecular complexity index is 375. The van der Waals surface area contributed by atoms with E-state index >= 15 is 0 Å². The van der Waals surface area contributed by atoms with Crippen molar-refractivity contribution in [3.8, 4) is 0 Å². The average molecular weight is 260 g/mol. The first-order valence-corrected chi connectivity index (χ1v) is 6.75. The van der Waals surface area contributed by atoms with Gasteiger partial charge in [-0.15, -0.1) is 0 Å². The van der Waals surface area contributed by atoms with Gasteiger partial charge in [0.2, 0.25) is 5.95 Å². The Kier molecular flexibility index (Phi) is 5.33. The first-order chi connectivity index (χ1) is 7.65. The smallest absolute Gasteiger partial charge is 0.322 e. The quantitative estimate of drug-likeness (QED) is 0.738. The Hall–Kier alpha value is -1.02. The molecule has 1 aromatic rings. The fraction of sp³-hybridized carbons (Fsp3) is 0.500. The van der Waals surface area contributed by atoms with Crippen molar-refractivity contribution in [2.75, 3.05) is 23.9 Å². The molecule has 0 aliphatic rings. The van der Waals surface area contributed by atoms with Crippen LogP contribution in [-0.4, -0.2) is 44.6 Å². The second kappa shape index (κ2) is 6.54. The third-order valence-electron chi connectivity index (χ3n) is 1.45. The second-order valence-electron chi connectivity index (χ2n) is 2.61. The number of aromatic nitrogens is 3. The number of hydrogen-bond acceptors (Lipinski definition) is 7. The number of carboxylic acid groups (broad SMARTS) is 1. The Morgan fingerprint density at radius 3 is 2.62 bits per heavy atom. The molecule has 0 radical (unpaired) electrons. The molecule has 0 aromatic carbocycles. The third kappa shape index (κ3) is 4.23. The maximum Gasteiger partial charge on any atom is 0.322 e. The summed E-state index contributed by atoms with van der Waals surface area (Å²) in [4.78, 5) is 22.7. The van der Waals surface area contributed by atoms with Gasteiger partial charge in [0.1, 0.15) is 6.54 Å². The average Bonchev–Trinajstić information content (AvgIpc) is 2.26. The van der Waals surface area contributed by atoms with Crippen LogP contribution in [0, 0.1) is 0 Å². The second-order valence-corrected chi connectivity index (χ2v) is 4.61. The summed E-state index contributed by atoms with van der Waals surface area (Å²) < 4.78 is 0. The van der Waals surface area contributed by atoms with E-state index in [1.54, 1.807) is 0 Å². The van der Waals surface area contributed by atoms with Crippen LogP contribution >= 0.6 is 23.5 Å². The minimum Gasteiger partial charge on any atom is -0.480 e. The lowest BCUT2D eigenvalue weighted by molar-refractivity contribution is -0.134. The molecule has 0 aliphatic heterocycles. The number of aliphatic carboxylic acids is 1. The lowest BCUT2D eigenvalue weighted by Gasteiger charge is -2.05. The number of hydrogen-bond donors (Lipinski definition) is 2. The van der Waals surface area contributed by atoms with E-state index < -0.39 is 5.97 Å². The summed E-state index contributed by atoms with van der Waals surface area (Å²) in [5.74, 6) is 0.212. The van der Waals surface area contributed by atoms with Gasteiger partial charge in [0, 0.05) is 0 Å². The zero-order valence-corrected chi connectivity index (χ0v) is 10.6. The van der Waals surface area contributed by atoms with Gasteiger partial charge < -0.3 is 10.4 Å². The summed E-state index contributed by atoms with van der Waals surface area (Å²) in [5.41, 5.74) is 0. The van der Waals surface area contributed by atoms with Crippen LogP contribution in [-0.2, 0) is 4.79 Å². The van der Waals surface area contributed by atoms with Crippen molar-refractivity contribution in [3.63, 3.8) is 0 Å². The van der Waals surface area contributed by atoms with E-state index in [-0.39, 0.29) is 6.54 Å². The molecule has 1 rings (SSSR count). The van der Waals surface area contributed by atoms with Crippen LogP contribution in [0.15, 0.2) is 10.3 Å². The molecule has 16 heavy (non-hydrogen) atoms. The van der Waals surface area contributed by atoms with Crippen molar-refractivity contribution < 1.29 is 9.90 Å². The van der Waals surface area contributed by atoms with Crippen molar-refractivity contribution in [2.24, 2.45) is 0 Å². The van der Waals surface area contributed by atoms with Gasteiger partial charge in [-0.2, -0.15) is 15.0 Å². The maximum atomic E-state index is 10.4. The van der Waals surface area contributed by atoms with Crippen LogP contribution in [0.2, 0.25) is 0 Å². The lowest BCUT2D eigenvalue weighted by atomic mass is 10.6. The Morgan fingerprint density at radius 2 is 2.06 bits per heavy atom. The molecule has 1 aromatic heterocycles. The highest BCUT2D eigenvalue weighted by Gasteiger charge is 2.06. The molecule has 0 saturated carbocycles. The first-order valence-electron chi connectivity index (χ1n) is 4.54. The minimum atomic E-state index is -0.948. The topological polar surface area (TPSA) is 88.0 Å². The summed E-state index contributed by atoms with van der Waals surface area (Å²) >= 11 is 2.88. The van der Waals surface area contributed by atoms with Crippen LogP contribution in [0.25, 0.3) is 0 Å². The van der Waals surface area contributed by atoms with Crippen LogP contribution in [0.4, 0.5) is 5.95 Å². The summed E-state index contributed by atoms with van der Waals surface area (Å²) in [6.07, 6.45) is 1.86. The summed E-state index contributed by atoms with van der Waals surface area (Å²) in [6, 6.07) is 0. The van der Waals surface area contributed by atoms with Crippen molar-refractivity contribution in [1.82, 2.24) is 15.0 Å². The maximum absolute atomic E-state index is 10.4.